The first-order valence-corrected chi connectivity index (χ1v) is 9.55. The van der Waals surface area contributed by atoms with Gasteiger partial charge in [0.2, 0.25) is 0 Å². The molecule has 142 valence electrons. The Hall–Kier alpha value is -2.60. The Labute approximate surface area is 159 Å². The van der Waals surface area contributed by atoms with Crippen LogP contribution in [0, 0.1) is 0 Å². The van der Waals surface area contributed by atoms with Crippen molar-refractivity contribution in [2.45, 2.75) is 38.3 Å². The van der Waals surface area contributed by atoms with Crippen LogP contribution in [0.1, 0.15) is 43.0 Å². The van der Waals surface area contributed by atoms with Gasteiger partial charge in [-0.3, -0.25) is 9.58 Å². The predicted octanol–water partition coefficient (Wildman–Crippen LogP) is 4.20. The van der Waals surface area contributed by atoms with E-state index in [1.807, 2.05) is 42.2 Å². The van der Waals surface area contributed by atoms with E-state index < -0.39 is 0 Å². The Morgan fingerprint density at radius 3 is 2.78 bits per heavy atom. The van der Waals surface area contributed by atoms with Gasteiger partial charge in [-0.15, -0.1) is 0 Å². The molecule has 4 rings (SSSR count). The standard InChI is InChI=1S/C21H26N4O2/c1-24-14-16(13-22-24)15-25-11-5-3-4-6-20(25)19-12-21(27-23-19)17-7-9-18(26-2)10-8-17/h7-10,12-14,20H,3-6,11,15H2,1-2H3/t20-/m1/s1. The molecule has 0 radical (unpaired) electrons. The molecule has 3 heterocycles. The first-order valence-electron chi connectivity index (χ1n) is 9.55. The highest BCUT2D eigenvalue weighted by atomic mass is 16.5. The van der Waals surface area contributed by atoms with Crippen molar-refractivity contribution in [2.24, 2.45) is 7.05 Å². The van der Waals surface area contributed by atoms with Crippen LogP contribution in [0.5, 0.6) is 5.75 Å². The third-order valence-corrected chi connectivity index (χ3v) is 5.25. The lowest BCUT2D eigenvalue weighted by atomic mass is 10.0. The summed E-state index contributed by atoms with van der Waals surface area (Å²) in [5, 5.41) is 8.74. The Morgan fingerprint density at radius 1 is 1.19 bits per heavy atom. The average Bonchev–Trinajstić information content (AvgIpc) is 3.27. The van der Waals surface area contributed by atoms with E-state index in [2.05, 4.69) is 27.4 Å². The zero-order valence-corrected chi connectivity index (χ0v) is 16.0. The number of nitrogens with zero attached hydrogens (tertiary/aromatic N) is 4. The van der Waals surface area contributed by atoms with Crippen molar-refractivity contribution in [3.8, 4) is 17.1 Å². The maximum Gasteiger partial charge on any atom is 0.167 e. The van der Waals surface area contributed by atoms with Gasteiger partial charge in [-0.2, -0.15) is 5.10 Å². The molecule has 1 saturated heterocycles. The van der Waals surface area contributed by atoms with Crippen molar-refractivity contribution < 1.29 is 9.26 Å². The van der Waals surface area contributed by atoms with Gasteiger partial charge in [0, 0.05) is 37.0 Å². The van der Waals surface area contributed by atoms with Crippen LogP contribution in [0.3, 0.4) is 0 Å². The molecule has 1 aliphatic rings. The summed E-state index contributed by atoms with van der Waals surface area (Å²) in [7, 11) is 3.63. The van der Waals surface area contributed by atoms with Crippen LogP contribution in [0.2, 0.25) is 0 Å². The van der Waals surface area contributed by atoms with Crippen molar-refractivity contribution in [3.05, 3.63) is 54.0 Å². The lowest BCUT2D eigenvalue weighted by molar-refractivity contribution is 0.184. The Kier molecular flexibility index (Phi) is 5.25. The van der Waals surface area contributed by atoms with Crippen molar-refractivity contribution in [1.82, 2.24) is 19.8 Å². The molecular weight excluding hydrogens is 340 g/mol. The molecule has 0 N–H and O–H groups in total. The van der Waals surface area contributed by atoms with Crippen molar-refractivity contribution >= 4 is 0 Å². The van der Waals surface area contributed by atoms with E-state index in [9.17, 15) is 0 Å². The molecular formula is C21H26N4O2. The number of ether oxygens (including phenoxy) is 1. The van der Waals surface area contributed by atoms with Gasteiger partial charge in [-0.1, -0.05) is 18.0 Å². The molecule has 0 unspecified atom stereocenters. The van der Waals surface area contributed by atoms with Gasteiger partial charge in [0.1, 0.15) is 11.4 Å². The minimum atomic E-state index is 0.281. The molecule has 1 atom stereocenters. The number of rotatable bonds is 5. The molecule has 6 heteroatoms. The number of aryl methyl sites for hydroxylation is 1. The summed E-state index contributed by atoms with van der Waals surface area (Å²) in [5.41, 5.74) is 3.27. The minimum absolute atomic E-state index is 0.281. The summed E-state index contributed by atoms with van der Waals surface area (Å²) < 4.78 is 12.8. The third-order valence-electron chi connectivity index (χ3n) is 5.25. The zero-order valence-electron chi connectivity index (χ0n) is 16.0. The predicted molar refractivity (Wildman–Crippen MR) is 103 cm³/mol. The molecule has 0 saturated carbocycles. The van der Waals surface area contributed by atoms with Crippen LogP contribution < -0.4 is 4.74 Å². The summed E-state index contributed by atoms with van der Waals surface area (Å²) in [6.45, 7) is 1.97. The topological polar surface area (TPSA) is 56.3 Å². The second kappa shape index (κ2) is 7.96. The first-order chi connectivity index (χ1) is 13.2. The van der Waals surface area contributed by atoms with Crippen molar-refractivity contribution in [2.75, 3.05) is 13.7 Å². The van der Waals surface area contributed by atoms with Gasteiger partial charge in [0.15, 0.2) is 5.76 Å². The Morgan fingerprint density at radius 2 is 2.04 bits per heavy atom. The molecule has 0 aliphatic carbocycles. The van der Waals surface area contributed by atoms with E-state index in [4.69, 9.17) is 9.26 Å². The lowest BCUT2D eigenvalue weighted by Crippen LogP contribution is -2.28. The summed E-state index contributed by atoms with van der Waals surface area (Å²) in [4.78, 5) is 2.51. The number of benzene rings is 1. The highest BCUT2D eigenvalue weighted by Gasteiger charge is 2.26. The molecule has 1 aliphatic heterocycles. The van der Waals surface area contributed by atoms with Crippen LogP contribution in [0.4, 0.5) is 0 Å². The largest absolute Gasteiger partial charge is 0.497 e. The van der Waals surface area contributed by atoms with Crippen LogP contribution in [0.15, 0.2) is 47.2 Å². The van der Waals surface area contributed by atoms with Gasteiger partial charge in [0.25, 0.3) is 0 Å². The van der Waals surface area contributed by atoms with Gasteiger partial charge >= 0.3 is 0 Å². The molecule has 1 fully saturated rings. The fourth-order valence-electron chi connectivity index (χ4n) is 3.82. The highest BCUT2D eigenvalue weighted by molar-refractivity contribution is 5.58. The zero-order chi connectivity index (χ0) is 18.6. The van der Waals surface area contributed by atoms with Crippen LogP contribution in [-0.2, 0) is 13.6 Å². The van der Waals surface area contributed by atoms with Crippen molar-refractivity contribution in [3.63, 3.8) is 0 Å². The van der Waals surface area contributed by atoms with Crippen LogP contribution in [-0.4, -0.2) is 33.5 Å². The van der Waals surface area contributed by atoms with E-state index >= 15 is 0 Å². The molecule has 0 amide bonds. The maximum atomic E-state index is 5.69. The van der Waals surface area contributed by atoms with Crippen LogP contribution >= 0.6 is 0 Å². The quantitative estimate of drug-likeness (QED) is 0.677. The second-order valence-corrected chi connectivity index (χ2v) is 7.20. The van der Waals surface area contributed by atoms with E-state index in [0.29, 0.717) is 0 Å². The fourth-order valence-corrected chi connectivity index (χ4v) is 3.82. The number of methoxy groups -OCH3 is 1. The highest BCUT2D eigenvalue weighted by Crippen LogP contribution is 2.33. The van der Waals surface area contributed by atoms with E-state index in [-0.39, 0.29) is 6.04 Å². The second-order valence-electron chi connectivity index (χ2n) is 7.20. The SMILES string of the molecule is COc1ccc(-c2cc([C@H]3CCCCCN3Cc3cnn(C)c3)no2)cc1. The van der Waals surface area contributed by atoms with Gasteiger partial charge in [-0.25, -0.2) is 0 Å². The Bertz CT molecular complexity index is 868. The molecule has 2 aromatic heterocycles. The smallest absolute Gasteiger partial charge is 0.167 e. The van der Waals surface area contributed by atoms with E-state index in [1.54, 1.807) is 7.11 Å². The molecule has 1 aromatic carbocycles. The van der Waals surface area contributed by atoms with Crippen molar-refractivity contribution in [1.29, 1.82) is 0 Å². The average molecular weight is 366 g/mol. The Balaban J connectivity index is 1.56. The maximum absolute atomic E-state index is 5.69. The summed E-state index contributed by atoms with van der Waals surface area (Å²) in [6.07, 6.45) is 8.86. The third kappa shape index (κ3) is 4.06. The normalized spacial score (nSPS) is 18.4. The lowest BCUT2D eigenvalue weighted by Gasteiger charge is -2.27. The first kappa shape index (κ1) is 17.8. The van der Waals surface area contributed by atoms with E-state index in [0.717, 1.165) is 42.3 Å². The monoisotopic (exact) mass is 366 g/mol. The summed E-state index contributed by atoms with van der Waals surface area (Å²) in [6, 6.07) is 10.3. The summed E-state index contributed by atoms with van der Waals surface area (Å²) >= 11 is 0. The molecule has 3 aromatic rings. The number of hydrogen-bond acceptors (Lipinski definition) is 5. The van der Waals surface area contributed by atoms with Gasteiger partial charge in [0.05, 0.1) is 19.3 Å². The number of likely N-dealkylation sites (tertiary alicyclic amines) is 1. The number of aromatic nitrogens is 3. The van der Waals surface area contributed by atoms with Crippen LogP contribution in [0.25, 0.3) is 11.3 Å². The van der Waals surface area contributed by atoms with Gasteiger partial charge in [-0.05, 0) is 43.7 Å². The van der Waals surface area contributed by atoms with Gasteiger partial charge < -0.3 is 9.26 Å². The summed E-state index contributed by atoms with van der Waals surface area (Å²) in [5.74, 6) is 1.64. The fraction of sp³-hybridized carbons (Fsp3) is 0.429. The molecule has 0 spiro atoms. The van der Waals surface area contributed by atoms with E-state index in [1.165, 1.54) is 24.8 Å². The molecule has 6 nitrogen and oxygen atoms in total. The molecule has 27 heavy (non-hydrogen) atoms. The minimum Gasteiger partial charge on any atom is -0.497 e. The molecule has 0 bridgehead atoms. The number of hydrogen-bond donors (Lipinski definition) is 0.